The van der Waals surface area contributed by atoms with Crippen molar-refractivity contribution in [2.24, 2.45) is 0 Å². The highest BCUT2D eigenvalue weighted by Crippen LogP contribution is 2.45. The number of pyridine rings is 1. The van der Waals surface area contributed by atoms with Crippen LogP contribution in [0.1, 0.15) is 55.8 Å². The highest BCUT2D eigenvalue weighted by Gasteiger charge is 2.48. The van der Waals surface area contributed by atoms with Gasteiger partial charge >= 0.3 is 5.91 Å². The Morgan fingerprint density at radius 3 is 2.57 bits per heavy atom. The molecule has 1 aliphatic rings. The second-order valence-electron chi connectivity index (χ2n) is 9.83. The molecule has 3 heterocycles. The number of amides is 1. The van der Waals surface area contributed by atoms with Crippen LogP contribution in [0.15, 0.2) is 76.9 Å². The molecule has 0 saturated carbocycles. The monoisotopic (exact) mass is 634 g/mol. The fourth-order valence-electron chi connectivity index (χ4n) is 4.74. The summed E-state index contributed by atoms with van der Waals surface area (Å²) in [5.74, 6) is -1.08. The van der Waals surface area contributed by atoms with E-state index in [0.29, 0.717) is 51.5 Å². The van der Waals surface area contributed by atoms with Crippen LogP contribution in [0.3, 0.4) is 0 Å². The zero-order valence-corrected chi connectivity index (χ0v) is 25.9. The Balaban J connectivity index is 1.54. The van der Waals surface area contributed by atoms with Crippen LogP contribution in [0.5, 0.6) is 11.5 Å². The van der Waals surface area contributed by atoms with Crippen molar-refractivity contribution in [1.82, 2.24) is 15.2 Å². The van der Waals surface area contributed by atoms with E-state index in [2.05, 4.69) is 22.1 Å². The Morgan fingerprint density at radius 1 is 1.02 bits per heavy atom. The fraction of sp³-hybridized carbons (Fsp3) is 0.281. The molecule has 228 valence electrons. The van der Waals surface area contributed by atoms with Crippen LogP contribution in [0, 0.1) is 5.82 Å². The highest BCUT2D eigenvalue weighted by molar-refractivity contribution is 8.00. The zero-order chi connectivity index (χ0) is 31.1. The van der Waals surface area contributed by atoms with E-state index in [-0.39, 0.29) is 22.3 Å². The lowest BCUT2D eigenvalue weighted by molar-refractivity contribution is -0.132. The van der Waals surface area contributed by atoms with E-state index in [1.807, 2.05) is 6.92 Å². The summed E-state index contributed by atoms with van der Waals surface area (Å²) in [6.45, 7) is 4.85. The summed E-state index contributed by atoms with van der Waals surface area (Å²) >= 11 is 2.37. The van der Waals surface area contributed by atoms with Crippen LogP contribution in [0.25, 0.3) is 5.76 Å². The molecule has 0 aliphatic carbocycles. The summed E-state index contributed by atoms with van der Waals surface area (Å²) in [6, 6.07) is 13.7. The number of benzene rings is 2. The van der Waals surface area contributed by atoms with Crippen LogP contribution in [0.4, 0.5) is 9.52 Å². The van der Waals surface area contributed by atoms with Gasteiger partial charge in [0.05, 0.1) is 24.8 Å². The number of halogens is 1. The normalized spacial score (nSPS) is 16.0. The Morgan fingerprint density at radius 2 is 1.82 bits per heavy atom. The molecule has 9 nitrogen and oxygen atoms in total. The molecule has 1 aliphatic heterocycles. The van der Waals surface area contributed by atoms with Crippen molar-refractivity contribution >= 4 is 45.7 Å². The average Bonchev–Trinajstić information content (AvgIpc) is 3.61. The molecule has 0 bridgehead atoms. The Hall–Kier alpha value is -4.29. The van der Waals surface area contributed by atoms with Gasteiger partial charge < -0.3 is 14.6 Å². The van der Waals surface area contributed by atoms with Crippen molar-refractivity contribution in [2.45, 2.75) is 49.2 Å². The minimum Gasteiger partial charge on any atom is -0.507 e. The largest absolute Gasteiger partial charge is 0.507 e. The quantitative estimate of drug-likeness (QED) is 0.0416. The molecule has 1 fully saturated rings. The number of aliphatic hydroxyl groups is 1. The first-order valence-corrected chi connectivity index (χ1v) is 16.0. The van der Waals surface area contributed by atoms with Crippen molar-refractivity contribution < 1.29 is 28.6 Å². The van der Waals surface area contributed by atoms with Gasteiger partial charge in [0, 0.05) is 23.7 Å². The summed E-state index contributed by atoms with van der Waals surface area (Å²) in [6.07, 6.45) is 5.97. The third kappa shape index (κ3) is 6.76. The van der Waals surface area contributed by atoms with Crippen LogP contribution in [-0.4, -0.2) is 45.2 Å². The Bertz CT molecular complexity index is 1660. The van der Waals surface area contributed by atoms with E-state index in [4.69, 9.17) is 9.47 Å². The fourth-order valence-corrected chi connectivity index (χ4v) is 6.59. The third-order valence-corrected chi connectivity index (χ3v) is 9.00. The van der Waals surface area contributed by atoms with Crippen molar-refractivity contribution in [3.05, 3.63) is 95.1 Å². The maximum Gasteiger partial charge on any atom is 0.301 e. The molecule has 1 unspecified atom stereocenters. The number of unbranched alkanes of at least 4 members (excludes halogenated alkanes) is 2. The van der Waals surface area contributed by atoms with E-state index in [1.54, 1.807) is 48.5 Å². The van der Waals surface area contributed by atoms with Crippen molar-refractivity contribution in [2.75, 3.05) is 18.1 Å². The molecule has 1 N–H and O–H groups in total. The van der Waals surface area contributed by atoms with Crippen LogP contribution in [-0.2, 0) is 15.3 Å². The number of anilines is 1. The van der Waals surface area contributed by atoms with Crippen molar-refractivity contribution in [3.63, 3.8) is 0 Å². The number of aromatic nitrogens is 3. The van der Waals surface area contributed by atoms with E-state index in [9.17, 15) is 19.1 Å². The van der Waals surface area contributed by atoms with Gasteiger partial charge in [-0.15, -0.1) is 10.2 Å². The van der Waals surface area contributed by atoms with E-state index >= 15 is 0 Å². The number of thioether (sulfide) groups is 1. The minimum atomic E-state index is -1.03. The van der Waals surface area contributed by atoms with Gasteiger partial charge in [0.2, 0.25) is 5.13 Å². The van der Waals surface area contributed by atoms with Gasteiger partial charge in [-0.3, -0.25) is 19.5 Å². The van der Waals surface area contributed by atoms with Gasteiger partial charge in [0.1, 0.15) is 11.6 Å². The lowest BCUT2D eigenvalue weighted by atomic mass is 9.95. The lowest BCUT2D eigenvalue weighted by Gasteiger charge is -2.23. The smallest absolute Gasteiger partial charge is 0.301 e. The number of aliphatic hydroxyl groups excluding tert-OH is 1. The maximum atomic E-state index is 14.2. The minimum absolute atomic E-state index is 0.101. The van der Waals surface area contributed by atoms with Crippen LogP contribution >= 0.6 is 23.1 Å². The predicted molar refractivity (Wildman–Crippen MR) is 168 cm³/mol. The number of carbonyl (C=O) groups excluding carboxylic acids is 2. The molecule has 1 amide bonds. The zero-order valence-electron chi connectivity index (χ0n) is 24.2. The molecule has 1 saturated heterocycles. The van der Waals surface area contributed by atoms with Crippen LogP contribution in [0.2, 0.25) is 0 Å². The van der Waals surface area contributed by atoms with Gasteiger partial charge in [-0.1, -0.05) is 67.1 Å². The molecular weight excluding hydrogens is 604 g/mol. The number of ether oxygens (including phenoxy) is 2. The summed E-state index contributed by atoms with van der Waals surface area (Å²) in [4.78, 5) is 32.4. The standard InChI is InChI=1S/C32H31FN4O5S2/c1-3-5-8-17-42-24-12-11-21(18-25(24)41-4-2)27-26(28(38)20-13-15-34-16-14-20)29(39)30(40)37(27)31-35-36-32(44-31)43-19-22-9-6-7-10-23(22)33/h6-7,9-16,18,27,38H,3-5,8,17,19H2,1-2H3/b28-26+. The molecule has 4 aromatic rings. The number of nitrogens with zero attached hydrogens (tertiary/aromatic N) is 4. The maximum absolute atomic E-state index is 14.2. The molecule has 2 aromatic heterocycles. The highest BCUT2D eigenvalue weighted by atomic mass is 32.2. The molecular formula is C32H31FN4O5S2. The first-order valence-electron chi connectivity index (χ1n) is 14.2. The van der Waals surface area contributed by atoms with Crippen molar-refractivity contribution in [1.29, 1.82) is 0 Å². The Labute approximate surface area is 262 Å². The van der Waals surface area contributed by atoms with E-state index in [1.165, 1.54) is 35.1 Å². The number of Topliss-reactive ketones (excluding diaryl/α,β-unsaturated/α-hetero) is 1. The SMILES string of the molecule is CCCCCOc1ccc(C2/C(=C(\O)c3ccncc3)C(=O)C(=O)N2c2nnc(SCc3ccccc3F)s2)cc1OCC. The molecule has 2 aromatic carbocycles. The second kappa shape index (κ2) is 14.5. The van der Waals surface area contributed by atoms with E-state index < -0.39 is 17.7 Å². The van der Waals surface area contributed by atoms with Gasteiger partial charge in [0.15, 0.2) is 15.8 Å². The first kappa shape index (κ1) is 31.1. The van der Waals surface area contributed by atoms with Gasteiger partial charge in [-0.2, -0.15) is 0 Å². The topological polar surface area (TPSA) is 115 Å². The summed E-state index contributed by atoms with van der Waals surface area (Å²) in [5.41, 5.74) is 1.26. The summed E-state index contributed by atoms with van der Waals surface area (Å²) in [7, 11) is 0. The molecule has 12 heteroatoms. The number of ketones is 1. The Kier molecular flexibility index (Phi) is 10.2. The lowest BCUT2D eigenvalue weighted by Crippen LogP contribution is -2.29. The van der Waals surface area contributed by atoms with Crippen molar-refractivity contribution in [3.8, 4) is 11.5 Å². The average molecular weight is 635 g/mol. The third-order valence-electron chi connectivity index (χ3n) is 6.90. The van der Waals surface area contributed by atoms with Gasteiger partial charge in [-0.05, 0) is 54.8 Å². The molecule has 44 heavy (non-hydrogen) atoms. The number of rotatable bonds is 13. The summed E-state index contributed by atoms with van der Waals surface area (Å²) < 4.78 is 26.5. The van der Waals surface area contributed by atoms with Crippen LogP contribution < -0.4 is 14.4 Å². The molecule has 0 radical (unpaired) electrons. The molecule has 5 rings (SSSR count). The first-order chi connectivity index (χ1) is 21.4. The molecule has 0 spiro atoms. The second-order valence-corrected chi connectivity index (χ2v) is 12.0. The number of carbonyl (C=O) groups is 2. The number of hydrogen-bond donors (Lipinski definition) is 1. The predicted octanol–water partition coefficient (Wildman–Crippen LogP) is 6.96. The van der Waals surface area contributed by atoms with Gasteiger partial charge in [0.25, 0.3) is 5.78 Å². The summed E-state index contributed by atoms with van der Waals surface area (Å²) in [5, 5.41) is 20.0. The number of hydrogen-bond acceptors (Lipinski definition) is 10. The van der Waals surface area contributed by atoms with Gasteiger partial charge in [-0.25, -0.2) is 4.39 Å². The van der Waals surface area contributed by atoms with E-state index in [0.717, 1.165) is 30.6 Å². The molecule has 1 atom stereocenters.